The highest BCUT2D eigenvalue weighted by Crippen LogP contribution is 2.59. The van der Waals surface area contributed by atoms with Crippen LogP contribution < -0.4 is 19.5 Å². The molecule has 7 heteroatoms. The minimum atomic E-state index is 0.141. The van der Waals surface area contributed by atoms with Gasteiger partial charge in [-0.3, -0.25) is 9.69 Å². The van der Waals surface area contributed by atoms with Gasteiger partial charge in [-0.05, 0) is 67.4 Å². The Kier molecular flexibility index (Phi) is 7.35. The number of hydrogen-bond acceptors (Lipinski definition) is 5. The number of amides is 1. The summed E-state index contributed by atoms with van der Waals surface area (Å²) in [6, 6.07) is 11.7. The number of benzene rings is 2. The number of para-hydroxylation sites is 1. The molecule has 1 atom stereocenters. The molecule has 0 bridgehead atoms. The Balaban J connectivity index is 1.25. The summed E-state index contributed by atoms with van der Waals surface area (Å²) < 4.78 is 16.2. The quantitative estimate of drug-likeness (QED) is 0.588. The molecule has 2 fully saturated rings. The summed E-state index contributed by atoms with van der Waals surface area (Å²) in [6.45, 7) is 3.34. The van der Waals surface area contributed by atoms with Crippen molar-refractivity contribution >= 4 is 17.5 Å². The van der Waals surface area contributed by atoms with E-state index in [1.165, 1.54) is 0 Å². The first-order valence-electron chi connectivity index (χ1n) is 11.5. The maximum absolute atomic E-state index is 12.8. The SMILES string of the molecule is COc1ccccc1CCNC(=O)[C@H]1CC12CCN(Cc1cc(OC)c(OC)cc1Cl)CC2. The molecule has 1 saturated heterocycles. The Morgan fingerprint density at radius 1 is 1.03 bits per heavy atom. The van der Waals surface area contributed by atoms with Gasteiger partial charge in [-0.1, -0.05) is 29.8 Å². The summed E-state index contributed by atoms with van der Waals surface area (Å²) in [7, 11) is 4.92. The smallest absolute Gasteiger partial charge is 0.223 e. The molecule has 178 valence electrons. The summed E-state index contributed by atoms with van der Waals surface area (Å²) in [5.74, 6) is 2.54. The van der Waals surface area contributed by atoms with Crippen LogP contribution in [0.25, 0.3) is 0 Å². The van der Waals surface area contributed by atoms with E-state index in [0.717, 1.165) is 62.2 Å². The Labute approximate surface area is 201 Å². The predicted octanol–water partition coefficient (Wildman–Crippen LogP) is 4.33. The van der Waals surface area contributed by atoms with Gasteiger partial charge in [0, 0.05) is 30.1 Å². The molecule has 6 nitrogen and oxygen atoms in total. The second kappa shape index (κ2) is 10.2. The van der Waals surface area contributed by atoms with Gasteiger partial charge in [-0.15, -0.1) is 0 Å². The molecule has 1 amide bonds. The van der Waals surface area contributed by atoms with Gasteiger partial charge in [-0.2, -0.15) is 0 Å². The van der Waals surface area contributed by atoms with Crippen LogP contribution in [-0.2, 0) is 17.8 Å². The zero-order valence-electron chi connectivity index (χ0n) is 19.7. The van der Waals surface area contributed by atoms with E-state index >= 15 is 0 Å². The van der Waals surface area contributed by atoms with Crippen LogP contribution in [0.15, 0.2) is 36.4 Å². The van der Waals surface area contributed by atoms with Gasteiger partial charge >= 0.3 is 0 Å². The molecule has 2 aliphatic rings. The predicted molar refractivity (Wildman–Crippen MR) is 129 cm³/mol. The third-order valence-electron chi connectivity index (χ3n) is 7.19. The van der Waals surface area contributed by atoms with Crippen LogP contribution in [-0.4, -0.2) is 51.8 Å². The van der Waals surface area contributed by atoms with Crippen LogP contribution in [0.4, 0.5) is 0 Å². The summed E-state index contributed by atoms with van der Waals surface area (Å²) in [5, 5.41) is 3.83. The average molecular weight is 473 g/mol. The molecular formula is C26H33ClN2O4. The molecule has 2 aromatic rings. The molecule has 1 aliphatic carbocycles. The molecule has 0 radical (unpaired) electrons. The van der Waals surface area contributed by atoms with Gasteiger partial charge in [0.05, 0.1) is 21.3 Å². The van der Waals surface area contributed by atoms with Gasteiger partial charge in [0.15, 0.2) is 11.5 Å². The van der Waals surface area contributed by atoms with E-state index in [2.05, 4.69) is 10.2 Å². The fraction of sp³-hybridized carbons (Fsp3) is 0.500. The Hall–Kier alpha value is -2.44. The first-order valence-corrected chi connectivity index (χ1v) is 11.9. The number of piperidine rings is 1. The third-order valence-corrected chi connectivity index (χ3v) is 7.54. The van der Waals surface area contributed by atoms with Crippen LogP contribution in [0.3, 0.4) is 0 Å². The van der Waals surface area contributed by atoms with E-state index in [-0.39, 0.29) is 17.2 Å². The molecular weight excluding hydrogens is 440 g/mol. The maximum Gasteiger partial charge on any atom is 0.223 e. The Morgan fingerprint density at radius 2 is 1.70 bits per heavy atom. The van der Waals surface area contributed by atoms with Crippen LogP contribution in [0, 0.1) is 11.3 Å². The van der Waals surface area contributed by atoms with Crippen LogP contribution in [0.2, 0.25) is 5.02 Å². The van der Waals surface area contributed by atoms with Gasteiger partial charge < -0.3 is 19.5 Å². The lowest BCUT2D eigenvalue weighted by atomic mass is 9.90. The van der Waals surface area contributed by atoms with Crippen molar-refractivity contribution in [3.63, 3.8) is 0 Å². The lowest BCUT2D eigenvalue weighted by molar-refractivity contribution is -0.123. The molecule has 1 heterocycles. The van der Waals surface area contributed by atoms with Crippen LogP contribution >= 0.6 is 11.6 Å². The van der Waals surface area contributed by atoms with Gasteiger partial charge in [0.25, 0.3) is 0 Å². The number of ether oxygens (including phenoxy) is 3. The molecule has 2 aromatic carbocycles. The number of methoxy groups -OCH3 is 3. The van der Waals surface area contributed by atoms with Crippen molar-refractivity contribution in [2.45, 2.75) is 32.2 Å². The number of carbonyl (C=O) groups excluding carboxylic acids is 1. The monoisotopic (exact) mass is 472 g/mol. The Morgan fingerprint density at radius 3 is 2.39 bits per heavy atom. The minimum Gasteiger partial charge on any atom is -0.496 e. The summed E-state index contributed by atoms with van der Waals surface area (Å²) in [5.41, 5.74) is 2.33. The number of likely N-dealkylation sites (tertiary alicyclic amines) is 1. The molecule has 1 saturated carbocycles. The van der Waals surface area contributed by atoms with Crippen molar-refractivity contribution in [2.75, 3.05) is 41.0 Å². The van der Waals surface area contributed by atoms with Crippen molar-refractivity contribution in [3.8, 4) is 17.2 Å². The molecule has 33 heavy (non-hydrogen) atoms. The normalized spacial score (nSPS) is 19.2. The standard InChI is InChI=1S/C26H33ClN2O4/c1-31-22-7-5-4-6-18(22)8-11-28-25(30)20-16-26(20)9-12-29(13-10-26)17-19-14-23(32-2)24(33-3)15-21(19)27/h4-7,14-15,20H,8-13,16-17H2,1-3H3,(H,28,30)/t20-/m1/s1. The van der Waals surface area contributed by atoms with Crippen molar-refractivity contribution in [1.82, 2.24) is 10.2 Å². The van der Waals surface area contributed by atoms with Gasteiger partial charge in [0.2, 0.25) is 5.91 Å². The number of carbonyl (C=O) groups is 1. The highest BCUT2D eigenvalue weighted by molar-refractivity contribution is 6.31. The van der Waals surface area contributed by atoms with Crippen molar-refractivity contribution in [3.05, 3.63) is 52.5 Å². The van der Waals surface area contributed by atoms with Crippen LogP contribution in [0.5, 0.6) is 17.2 Å². The third kappa shape index (κ3) is 5.22. The molecule has 1 spiro atoms. The largest absolute Gasteiger partial charge is 0.496 e. The fourth-order valence-corrected chi connectivity index (χ4v) is 5.25. The van der Waals surface area contributed by atoms with Crippen molar-refractivity contribution in [2.24, 2.45) is 11.3 Å². The first kappa shape index (κ1) is 23.7. The van der Waals surface area contributed by atoms with E-state index < -0.39 is 0 Å². The van der Waals surface area contributed by atoms with Gasteiger partial charge in [-0.25, -0.2) is 0 Å². The van der Waals surface area contributed by atoms with E-state index in [4.69, 9.17) is 25.8 Å². The second-order valence-electron chi connectivity index (χ2n) is 9.05. The highest BCUT2D eigenvalue weighted by Gasteiger charge is 2.58. The Bertz CT molecular complexity index is 988. The number of nitrogens with one attached hydrogen (secondary N) is 1. The van der Waals surface area contributed by atoms with E-state index in [1.807, 2.05) is 36.4 Å². The molecule has 4 rings (SSSR count). The average Bonchev–Trinajstić information content (AvgIpc) is 3.55. The second-order valence-corrected chi connectivity index (χ2v) is 9.45. The number of nitrogens with zero attached hydrogens (tertiary/aromatic N) is 1. The van der Waals surface area contributed by atoms with E-state index in [9.17, 15) is 4.79 Å². The van der Waals surface area contributed by atoms with Crippen molar-refractivity contribution < 1.29 is 19.0 Å². The minimum absolute atomic E-state index is 0.141. The zero-order valence-corrected chi connectivity index (χ0v) is 20.4. The first-order chi connectivity index (χ1) is 16.0. The number of rotatable bonds is 9. The number of halogens is 1. The van der Waals surface area contributed by atoms with Crippen molar-refractivity contribution in [1.29, 1.82) is 0 Å². The molecule has 0 aromatic heterocycles. The molecule has 1 aliphatic heterocycles. The maximum atomic E-state index is 12.8. The van der Waals surface area contributed by atoms with Gasteiger partial charge in [0.1, 0.15) is 5.75 Å². The highest BCUT2D eigenvalue weighted by atomic mass is 35.5. The van der Waals surface area contributed by atoms with E-state index in [1.54, 1.807) is 21.3 Å². The van der Waals surface area contributed by atoms with Crippen LogP contribution in [0.1, 0.15) is 30.4 Å². The summed E-state index contributed by atoms with van der Waals surface area (Å²) >= 11 is 6.48. The summed E-state index contributed by atoms with van der Waals surface area (Å²) in [4.78, 5) is 15.2. The fourth-order valence-electron chi connectivity index (χ4n) is 5.04. The molecule has 0 unspecified atom stereocenters. The topological polar surface area (TPSA) is 60.0 Å². The lowest BCUT2D eigenvalue weighted by Gasteiger charge is -2.33. The zero-order chi connectivity index (χ0) is 23.4. The van der Waals surface area contributed by atoms with E-state index in [0.29, 0.717) is 23.1 Å². The number of hydrogen-bond donors (Lipinski definition) is 1. The molecule has 1 N–H and O–H groups in total. The lowest BCUT2D eigenvalue weighted by Crippen LogP contribution is -2.37. The summed E-state index contributed by atoms with van der Waals surface area (Å²) in [6.07, 6.45) is 3.86.